The fourth-order valence-electron chi connectivity index (χ4n) is 2.49. The number of ether oxygens (including phenoxy) is 2. The largest absolute Gasteiger partial charge is 0.497 e. The maximum Gasteiger partial charge on any atom is 0.291 e. The first-order chi connectivity index (χ1) is 11.5. The molecule has 3 rings (SSSR count). The number of amides is 1. The number of aryl methyl sites for hydroxylation is 1. The summed E-state index contributed by atoms with van der Waals surface area (Å²) in [7, 11) is 2.98. The molecule has 0 saturated heterocycles. The molecule has 0 aliphatic carbocycles. The van der Waals surface area contributed by atoms with Gasteiger partial charge in [-0.05, 0) is 37.3 Å². The van der Waals surface area contributed by atoms with Crippen molar-refractivity contribution in [3.63, 3.8) is 0 Å². The van der Waals surface area contributed by atoms with E-state index in [1.54, 1.807) is 26.2 Å². The van der Waals surface area contributed by atoms with E-state index in [1.165, 1.54) is 25.3 Å². The van der Waals surface area contributed by atoms with Gasteiger partial charge < -0.3 is 19.2 Å². The van der Waals surface area contributed by atoms with Crippen molar-refractivity contribution in [2.75, 3.05) is 19.5 Å². The molecule has 0 unspecified atom stereocenters. The maximum absolute atomic E-state index is 13.2. The zero-order valence-electron chi connectivity index (χ0n) is 13.5. The summed E-state index contributed by atoms with van der Waals surface area (Å²) < 4.78 is 29.2. The number of carbonyl (C=O) groups excluding carboxylic acids is 1. The minimum Gasteiger partial charge on any atom is -0.497 e. The van der Waals surface area contributed by atoms with Crippen molar-refractivity contribution in [1.82, 2.24) is 0 Å². The Bertz CT molecular complexity index is 917. The van der Waals surface area contributed by atoms with Crippen LogP contribution in [-0.4, -0.2) is 20.1 Å². The van der Waals surface area contributed by atoms with Crippen LogP contribution in [0.5, 0.6) is 11.5 Å². The normalized spacial score (nSPS) is 10.7. The van der Waals surface area contributed by atoms with Gasteiger partial charge in [0.2, 0.25) is 0 Å². The average Bonchev–Trinajstić information content (AvgIpc) is 2.92. The number of furan rings is 1. The molecule has 0 saturated carbocycles. The molecule has 5 nitrogen and oxygen atoms in total. The predicted molar refractivity (Wildman–Crippen MR) is 88.4 cm³/mol. The molecule has 1 heterocycles. The molecule has 3 aromatic rings. The number of halogens is 1. The van der Waals surface area contributed by atoms with Crippen molar-refractivity contribution in [1.29, 1.82) is 0 Å². The third-order valence-electron chi connectivity index (χ3n) is 3.76. The van der Waals surface area contributed by atoms with Crippen LogP contribution in [0.4, 0.5) is 10.1 Å². The Balaban J connectivity index is 1.96. The number of anilines is 1. The molecular formula is C18H16FNO4. The lowest BCUT2D eigenvalue weighted by Gasteiger charge is -2.09. The first kappa shape index (κ1) is 15.9. The fraction of sp³-hybridized carbons (Fsp3) is 0.167. The summed E-state index contributed by atoms with van der Waals surface area (Å²) in [5.41, 5.74) is 1.65. The molecular weight excluding hydrogens is 313 g/mol. The van der Waals surface area contributed by atoms with Crippen LogP contribution in [0.15, 0.2) is 40.8 Å². The molecule has 0 aliphatic heterocycles. The first-order valence-electron chi connectivity index (χ1n) is 7.25. The molecule has 1 amide bonds. The molecule has 0 radical (unpaired) electrons. The van der Waals surface area contributed by atoms with E-state index in [1.807, 2.05) is 6.07 Å². The SMILES string of the molecule is COc1ccc2oc(C(=O)Nc3ccc(F)cc3OC)c(C)c2c1. The monoisotopic (exact) mass is 329 g/mol. The van der Waals surface area contributed by atoms with Gasteiger partial charge >= 0.3 is 0 Å². The van der Waals surface area contributed by atoms with Crippen LogP contribution >= 0.6 is 0 Å². The molecule has 2 aromatic carbocycles. The summed E-state index contributed by atoms with van der Waals surface area (Å²) in [5, 5.41) is 3.48. The fourth-order valence-corrected chi connectivity index (χ4v) is 2.49. The van der Waals surface area contributed by atoms with E-state index < -0.39 is 11.7 Å². The number of nitrogens with one attached hydrogen (secondary N) is 1. The van der Waals surface area contributed by atoms with Gasteiger partial charge in [-0.15, -0.1) is 0 Å². The van der Waals surface area contributed by atoms with Crippen molar-refractivity contribution >= 4 is 22.6 Å². The Hall–Kier alpha value is -3.02. The quantitative estimate of drug-likeness (QED) is 0.781. The van der Waals surface area contributed by atoms with Crippen LogP contribution < -0.4 is 14.8 Å². The summed E-state index contributed by atoms with van der Waals surface area (Å²) in [6, 6.07) is 9.20. The van der Waals surface area contributed by atoms with Gasteiger partial charge in [-0.1, -0.05) is 0 Å². The maximum atomic E-state index is 13.2. The van der Waals surface area contributed by atoms with E-state index in [-0.39, 0.29) is 11.5 Å². The Labute approximate surface area is 138 Å². The van der Waals surface area contributed by atoms with E-state index in [0.29, 0.717) is 22.6 Å². The highest BCUT2D eigenvalue weighted by atomic mass is 19.1. The molecule has 0 atom stereocenters. The van der Waals surface area contributed by atoms with Crippen molar-refractivity contribution in [2.24, 2.45) is 0 Å². The number of fused-ring (bicyclic) bond motifs is 1. The molecule has 0 aliphatic rings. The molecule has 0 fully saturated rings. The van der Waals surface area contributed by atoms with Gasteiger partial charge in [0.15, 0.2) is 5.76 Å². The highest BCUT2D eigenvalue weighted by Crippen LogP contribution is 2.30. The van der Waals surface area contributed by atoms with Crippen molar-refractivity contribution < 1.29 is 23.1 Å². The molecule has 6 heteroatoms. The van der Waals surface area contributed by atoms with E-state index in [9.17, 15) is 9.18 Å². The zero-order chi connectivity index (χ0) is 17.3. The average molecular weight is 329 g/mol. The van der Waals surface area contributed by atoms with Crippen molar-refractivity contribution in [2.45, 2.75) is 6.92 Å². The predicted octanol–water partition coefficient (Wildman–Crippen LogP) is 4.15. The second-order valence-corrected chi connectivity index (χ2v) is 5.22. The molecule has 1 aromatic heterocycles. The molecule has 124 valence electrons. The third-order valence-corrected chi connectivity index (χ3v) is 3.76. The van der Waals surface area contributed by atoms with Crippen molar-refractivity contribution in [3.05, 3.63) is 53.5 Å². The van der Waals surface area contributed by atoms with Crippen LogP contribution in [0.25, 0.3) is 11.0 Å². The summed E-state index contributed by atoms with van der Waals surface area (Å²) in [5.74, 6) is 0.214. The van der Waals surface area contributed by atoms with Crippen LogP contribution in [0.1, 0.15) is 16.1 Å². The van der Waals surface area contributed by atoms with Gasteiger partial charge in [0.05, 0.1) is 19.9 Å². The number of benzene rings is 2. The van der Waals surface area contributed by atoms with E-state index in [2.05, 4.69) is 5.32 Å². The van der Waals surface area contributed by atoms with Crippen LogP contribution in [0.3, 0.4) is 0 Å². The summed E-state index contributed by atoms with van der Waals surface area (Å²) in [6.07, 6.45) is 0. The Morgan fingerprint density at radius 1 is 1.12 bits per heavy atom. The van der Waals surface area contributed by atoms with Gasteiger partial charge in [-0.25, -0.2) is 4.39 Å². The minimum atomic E-state index is -0.447. The van der Waals surface area contributed by atoms with Crippen molar-refractivity contribution in [3.8, 4) is 11.5 Å². The second-order valence-electron chi connectivity index (χ2n) is 5.22. The van der Waals surface area contributed by atoms with Crippen LogP contribution in [-0.2, 0) is 0 Å². The Kier molecular flexibility index (Phi) is 4.12. The van der Waals surface area contributed by atoms with Crippen LogP contribution in [0.2, 0.25) is 0 Å². The first-order valence-corrected chi connectivity index (χ1v) is 7.25. The topological polar surface area (TPSA) is 60.7 Å². The number of hydrogen-bond acceptors (Lipinski definition) is 4. The molecule has 1 N–H and O–H groups in total. The lowest BCUT2D eigenvalue weighted by atomic mass is 10.1. The molecule has 24 heavy (non-hydrogen) atoms. The second kappa shape index (κ2) is 6.23. The van der Waals surface area contributed by atoms with Gasteiger partial charge in [0.1, 0.15) is 22.9 Å². The van der Waals surface area contributed by atoms with Gasteiger partial charge in [-0.3, -0.25) is 4.79 Å². The third kappa shape index (κ3) is 2.78. The zero-order valence-corrected chi connectivity index (χ0v) is 13.5. The summed E-state index contributed by atoms with van der Waals surface area (Å²) in [6.45, 7) is 1.79. The molecule has 0 bridgehead atoms. The van der Waals surface area contributed by atoms with E-state index in [0.717, 1.165) is 5.39 Å². The summed E-state index contributed by atoms with van der Waals surface area (Å²) >= 11 is 0. The van der Waals surface area contributed by atoms with E-state index in [4.69, 9.17) is 13.9 Å². The minimum absolute atomic E-state index is 0.185. The van der Waals surface area contributed by atoms with E-state index >= 15 is 0 Å². The Morgan fingerprint density at radius 3 is 2.62 bits per heavy atom. The van der Waals surface area contributed by atoms with Gasteiger partial charge in [-0.2, -0.15) is 0 Å². The Morgan fingerprint density at radius 2 is 1.92 bits per heavy atom. The van der Waals surface area contributed by atoms with Crippen LogP contribution in [0, 0.1) is 12.7 Å². The molecule has 0 spiro atoms. The highest BCUT2D eigenvalue weighted by molar-refractivity contribution is 6.07. The summed E-state index contributed by atoms with van der Waals surface area (Å²) in [4.78, 5) is 12.5. The number of carbonyl (C=O) groups is 1. The lowest BCUT2D eigenvalue weighted by Crippen LogP contribution is -2.13. The number of methoxy groups -OCH3 is 2. The smallest absolute Gasteiger partial charge is 0.291 e. The standard InChI is InChI=1S/C18H16FNO4/c1-10-13-9-12(22-2)5-7-15(13)24-17(10)18(21)20-14-6-4-11(19)8-16(14)23-3/h4-9H,1-3H3,(H,20,21). The lowest BCUT2D eigenvalue weighted by molar-refractivity contribution is 0.0997. The van der Waals surface area contributed by atoms with Gasteiger partial charge in [0, 0.05) is 17.0 Å². The van der Waals surface area contributed by atoms with Gasteiger partial charge in [0.25, 0.3) is 5.91 Å². The number of hydrogen-bond donors (Lipinski definition) is 1. The number of rotatable bonds is 4. The highest BCUT2D eigenvalue weighted by Gasteiger charge is 2.19.